The summed E-state index contributed by atoms with van der Waals surface area (Å²) in [6.07, 6.45) is 1.00. The van der Waals surface area contributed by atoms with E-state index < -0.39 is 6.04 Å². The third kappa shape index (κ3) is 4.15. The number of methoxy groups -OCH3 is 1. The first-order valence-corrected chi connectivity index (χ1v) is 10.1. The average molecular weight is 413 g/mol. The lowest BCUT2D eigenvalue weighted by atomic mass is 9.93. The number of benzene rings is 2. The highest BCUT2D eigenvalue weighted by molar-refractivity contribution is 6.31. The fraction of sp³-hybridized carbons (Fsp3) is 0.364. The van der Waals surface area contributed by atoms with Crippen molar-refractivity contribution in [2.75, 3.05) is 20.8 Å². The fourth-order valence-corrected chi connectivity index (χ4v) is 3.94. The summed E-state index contributed by atoms with van der Waals surface area (Å²) in [7, 11) is 3.72. The van der Waals surface area contributed by atoms with E-state index in [2.05, 4.69) is 40.2 Å². The molecule has 0 aliphatic carbocycles. The number of aromatic amines is 1. The molecule has 1 unspecified atom stereocenters. The van der Waals surface area contributed by atoms with Gasteiger partial charge in [0.25, 0.3) is 5.91 Å². The van der Waals surface area contributed by atoms with E-state index in [0.717, 1.165) is 24.0 Å². The van der Waals surface area contributed by atoms with Crippen LogP contribution in [0.5, 0.6) is 0 Å². The Hall–Kier alpha value is -2.41. The number of nitrogens with one attached hydrogen (secondary N) is 2. The molecule has 29 heavy (non-hydrogen) atoms. The summed E-state index contributed by atoms with van der Waals surface area (Å²) in [5.74, 6) is 0.499. The number of carbonyl (C=O) groups excluding carboxylic acids is 1. The summed E-state index contributed by atoms with van der Waals surface area (Å²) in [6.45, 7) is 3.38. The van der Waals surface area contributed by atoms with Crippen molar-refractivity contribution in [1.82, 2.24) is 20.2 Å². The van der Waals surface area contributed by atoms with E-state index in [1.807, 2.05) is 18.2 Å². The smallest absolute Gasteiger partial charge is 0.251 e. The van der Waals surface area contributed by atoms with E-state index in [1.54, 1.807) is 19.2 Å². The molecule has 2 heterocycles. The molecule has 1 amide bonds. The quantitative estimate of drug-likeness (QED) is 0.670. The molecule has 1 aliphatic rings. The topological polar surface area (TPSA) is 70.2 Å². The Kier molecular flexibility index (Phi) is 5.58. The first kappa shape index (κ1) is 19.9. The van der Waals surface area contributed by atoms with Crippen LogP contribution in [-0.4, -0.2) is 47.6 Å². The summed E-state index contributed by atoms with van der Waals surface area (Å²) in [4.78, 5) is 23.1. The van der Waals surface area contributed by atoms with Gasteiger partial charge in [-0.2, -0.15) is 0 Å². The largest absolute Gasteiger partial charge is 0.382 e. The van der Waals surface area contributed by atoms with Crippen LogP contribution in [0.15, 0.2) is 36.4 Å². The Bertz CT molecular complexity index is 1050. The van der Waals surface area contributed by atoms with Gasteiger partial charge in [-0.25, -0.2) is 4.98 Å². The van der Waals surface area contributed by atoms with Gasteiger partial charge in [-0.1, -0.05) is 17.7 Å². The number of likely N-dealkylation sites (N-methyl/N-ethyl adjacent to an activating group) is 1. The Labute approximate surface area is 175 Å². The summed E-state index contributed by atoms with van der Waals surface area (Å²) in [5.41, 5.74) is 4.79. The summed E-state index contributed by atoms with van der Waals surface area (Å²) < 4.78 is 5.32. The number of imidazole rings is 1. The van der Waals surface area contributed by atoms with Gasteiger partial charge in [0.2, 0.25) is 0 Å². The second kappa shape index (κ2) is 8.14. The minimum absolute atomic E-state index is 0.144. The predicted octanol–water partition coefficient (Wildman–Crippen LogP) is 3.71. The molecular formula is C22H25ClN4O2. The number of rotatable bonds is 5. The van der Waals surface area contributed by atoms with E-state index in [0.29, 0.717) is 29.1 Å². The van der Waals surface area contributed by atoms with Crippen molar-refractivity contribution in [2.24, 2.45) is 0 Å². The van der Waals surface area contributed by atoms with Crippen LogP contribution in [0.3, 0.4) is 0 Å². The normalized spacial score (nSPS) is 17.9. The second-order valence-electron chi connectivity index (χ2n) is 7.72. The van der Waals surface area contributed by atoms with Crippen LogP contribution in [0.1, 0.15) is 40.3 Å². The van der Waals surface area contributed by atoms with Crippen LogP contribution in [-0.2, 0) is 17.7 Å². The van der Waals surface area contributed by atoms with Crippen LogP contribution in [0.2, 0.25) is 5.02 Å². The Morgan fingerprint density at radius 1 is 1.34 bits per heavy atom. The molecule has 2 atom stereocenters. The number of H-pyrrole nitrogens is 1. The molecule has 3 aromatic rings. The molecule has 0 fully saturated rings. The molecule has 2 aromatic carbocycles. The molecule has 7 heteroatoms. The number of carbonyl (C=O) groups is 1. The van der Waals surface area contributed by atoms with Gasteiger partial charge < -0.3 is 15.0 Å². The number of ether oxygens (including phenoxy) is 1. The van der Waals surface area contributed by atoms with Crippen molar-refractivity contribution < 1.29 is 9.53 Å². The number of halogens is 1. The minimum Gasteiger partial charge on any atom is -0.382 e. The lowest BCUT2D eigenvalue weighted by Crippen LogP contribution is -2.35. The van der Waals surface area contributed by atoms with E-state index in [1.165, 1.54) is 11.1 Å². The minimum atomic E-state index is -0.391. The number of fused-ring (bicyclic) bond motifs is 2. The first-order chi connectivity index (χ1) is 13.9. The van der Waals surface area contributed by atoms with Crippen molar-refractivity contribution in [3.63, 3.8) is 0 Å². The summed E-state index contributed by atoms with van der Waals surface area (Å²) in [5, 5.41) is 3.67. The standard InChI is InChI=1S/C22H25ClN4O2/c1-13-8-14-4-5-15(9-16(14)11-27(13)2)22(28)26-20(12-29-3)21-24-18-7-6-17(23)10-19(18)25-21/h4-7,9-10,13,20H,8,11-12H2,1-3H3,(H,24,25)(H,26,28)/t13?,20-/m0/s1. The van der Waals surface area contributed by atoms with E-state index in [-0.39, 0.29) is 5.91 Å². The summed E-state index contributed by atoms with van der Waals surface area (Å²) >= 11 is 6.06. The molecular weight excluding hydrogens is 388 g/mol. The van der Waals surface area contributed by atoms with E-state index in [9.17, 15) is 4.79 Å². The van der Waals surface area contributed by atoms with Crippen molar-refractivity contribution in [3.05, 3.63) is 63.9 Å². The van der Waals surface area contributed by atoms with Gasteiger partial charge in [-0.05, 0) is 61.9 Å². The molecule has 0 bridgehead atoms. The molecule has 4 rings (SSSR count). The SMILES string of the molecule is COC[C@H](NC(=O)c1ccc2c(c1)CN(C)C(C)C2)c1nc2cc(Cl)ccc2[nH]1. The zero-order chi connectivity index (χ0) is 20.5. The third-order valence-electron chi connectivity index (χ3n) is 5.59. The molecule has 2 N–H and O–H groups in total. The highest BCUT2D eigenvalue weighted by atomic mass is 35.5. The van der Waals surface area contributed by atoms with Gasteiger partial charge >= 0.3 is 0 Å². The van der Waals surface area contributed by atoms with Gasteiger partial charge in [-0.15, -0.1) is 0 Å². The highest BCUT2D eigenvalue weighted by Gasteiger charge is 2.23. The molecule has 0 radical (unpaired) electrons. The third-order valence-corrected chi connectivity index (χ3v) is 5.82. The van der Waals surface area contributed by atoms with Crippen LogP contribution < -0.4 is 5.32 Å². The van der Waals surface area contributed by atoms with Gasteiger partial charge in [0.15, 0.2) is 0 Å². The number of nitrogens with zero attached hydrogens (tertiary/aromatic N) is 2. The Morgan fingerprint density at radius 2 is 2.17 bits per heavy atom. The van der Waals surface area contributed by atoms with Crippen LogP contribution in [0.4, 0.5) is 0 Å². The lowest BCUT2D eigenvalue weighted by molar-refractivity contribution is 0.0892. The predicted molar refractivity (Wildman–Crippen MR) is 114 cm³/mol. The first-order valence-electron chi connectivity index (χ1n) is 9.71. The van der Waals surface area contributed by atoms with Gasteiger partial charge in [0.05, 0.1) is 17.6 Å². The van der Waals surface area contributed by atoms with Crippen molar-refractivity contribution >= 4 is 28.5 Å². The number of amides is 1. The van der Waals surface area contributed by atoms with Crippen LogP contribution >= 0.6 is 11.6 Å². The molecule has 152 valence electrons. The van der Waals surface area contributed by atoms with Crippen molar-refractivity contribution in [1.29, 1.82) is 0 Å². The maximum atomic E-state index is 13.0. The molecule has 0 spiro atoms. The maximum absolute atomic E-state index is 13.0. The Balaban J connectivity index is 1.56. The fourth-order valence-electron chi connectivity index (χ4n) is 3.77. The molecule has 1 aliphatic heterocycles. The Morgan fingerprint density at radius 3 is 2.97 bits per heavy atom. The van der Waals surface area contributed by atoms with Gasteiger partial charge in [0.1, 0.15) is 11.9 Å². The van der Waals surface area contributed by atoms with Crippen LogP contribution in [0, 0.1) is 0 Å². The van der Waals surface area contributed by atoms with Gasteiger partial charge in [0, 0.05) is 30.3 Å². The van der Waals surface area contributed by atoms with Gasteiger partial charge in [-0.3, -0.25) is 9.69 Å². The molecule has 0 saturated carbocycles. The highest BCUT2D eigenvalue weighted by Crippen LogP contribution is 2.24. The second-order valence-corrected chi connectivity index (χ2v) is 8.15. The zero-order valence-electron chi connectivity index (χ0n) is 16.8. The lowest BCUT2D eigenvalue weighted by Gasteiger charge is -2.31. The molecule has 0 saturated heterocycles. The summed E-state index contributed by atoms with van der Waals surface area (Å²) in [6, 6.07) is 11.6. The number of hydrogen-bond donors (Lipinski definition) is 2. The average Bonchev–Trinajstić information content (AvgIpc) is 3.11. The van der Waals surface area contributed by atoms with E-state index in [4.69, 9.17) is 16.3 Å². The molecule has 6 nitrogen and oxygen atoms in total. The maximum Gasteiger partial charge on any atom is 0.251 e. The molecule has 1 aromatic heterocycles. The number of aromatic nitrogens is 2. The zero-order valence-corrected chi connectivity index (χ0v) is 17.6. The van der Waals surface area contributed by atoms with Crippen molar-refractivity contribution in [3.8, 4) is 0 Å². The van der Waals surface area contributed by atoms with E-state index >= 15 is 0 Å². The monoisotopic (exact) mass is 412 g/mol. The van der Waals surface area contributed by atoms with Crippen LogP contribution in [0.25, 0.3) is 11.0 Å². The number of hydrogen-bond acceptors (Lipinski definition) is 4. The van der Waals surface area contributed by atoms with Crippen molar-refractivity contribution in [2.45, 2.75) is 32.0 Å².